The first-order valence-electron chi connectivity index (χ1n) is 5.93. The van der Waals surface area contributed by atoms with Crippen molar-refractivity contribution >= 4 is 23.4 Å². The summed E-state index contributed by atoms with van der Waals surface area (Å²) in [6, 6.07) is -0.648. The number of carbonyl (C=O) groups excluding carboxylic acids is 3. The van der Waals surface area contributed by atoms with Crippen molar-refractivity contribution in [2.45, 2.75) is 25.8 Å². The van der Waals surface area contributed by atoms with E-state index in [0.29, 0.717) is 6.42 Å². The molecule has 102 valence electrons. The Kier molecular flexibility index (Phi) is 5.17. The second-order valence-electron chi connectivity index (χ2n) is 4.08. The Hall–Kier alpha value is -2.24. The Morgan fingerprint density at radius 1 is 1.53 bits per heavy atom. The first kappa shape index (κ1) is 14.8. The van der Waals surface area contributed by atoms with Crippen LogP contribution in [0.1, 0.15) is 19.8 Å². The fourth-order valence-electron chi connectivity index (χ4n) is 1.80. The molecule has 6 heteroatoms. The van der Waals surface area contributed by atoms with Crippen LogP contribution in [0.2, 0.25) is 0 Å². The number of likely N-dealkylation sites (N-methyl/N-ethyl adjacent to an activating group) is 1. The smallest absolute Gasteiger partial charge is 0.272 e. The molecule has 19 heavy (non-hydrogen) atoms. The number of imide groups is 1. The molecule has 0 aliphatic carbocycles. The van der Waals surface area contributed by atoms with Gasteiger partial charge in [-0.2, -0.15) is 0 Å². The summed E-state index contributed by atoms with van der Waals surface area (Å²) in [7, 11) is 1.52. The van der Waals surface area contributed by atoms with E-state index in [2.05, 4.69) is 16.9 Å². The van der Waals surface area contributed by atoms with E-state index in [1.165, 1.54) is 18.1 Å². The third kappa shape index (κ3) is 3.61. The van der Waals surface area contributed by atoms with Crippen LogP contribution in [0, 0.1) is 0 Å². The van der Waals surface area contributed by atoms with Crippen LogP contribution in [0.25, 0.3) is 0 Å². The van der Waals surface area contributed by atoms with Crippen LogP contribution in [0.3, 0.4) is 0 Å². The summed E-state index contributed by atoms with van der Waals surface area (Å²) in [6.07, 6.45) is 5.05. The number of nitrogens with one attached hydrogen (secondary N) is 1. The quantitative estimate of drug-likeness (QED) is 0.589. The van der Waals surface area contributed by atoms with Gasteiger partial charge in [0.2, 0.25) is 11.8 Å². The van der Waals surface area contributed by atoms with Gasteiger partial charge in [-0.3, -0.25) is 24.7 Å². The van der Waals surface area contributed by atoms with Gasteiger partial charge < -0.3 is 4.90 Å². The molecule has 0 aromatic carbocycles. The third-order valence-corrected chi connectivity index (χ3v) is 2.77. The van der Waals surface area contributed by atoms with Gasteiger partial charge >= 0.3 is 0 Å². The summed E-state index contributed by atoms with van der Waals surface area (Å²) in [4.78, 5) is 40.1. The molecule has 6 nitrogen and oxygen atoms in total. The van der Waals surface area contributed by atoms with Gasteiger partial charge in [0.25, 0.3) is 5.91 Å². The van der Waals surface area contributed by atoms with E-state index in [1.54, 1.807) is 19.1 Å². The predicted octanol–water partition coefficient (Wildman–Crippen LogP) is 0.411. The van der Waals surface area contributed by atoms with Gasteiger partial charge in [0.15, 0.2) is 0 Å². The van der Waals surface area contributed by atoms with Crippen LogP contribution in [0.4, 0.5) is 0 Å². The Labute approximate surface area is 111 Å². The second kappa shape index (κ2) is 6.63. The van der Waals surface area contributed by atoms with Crippen LogP contribution < -0.4 is 5.32 Å². The number of aliphatic imine (C=N–C) groups is 1. The maximum atomic E-state index is 12.2. The first-order valence-corrected chi connectivity index (χ1v) is 5.93. The Morgan fingerprint density at radius 3 is 2.74 bits per heavy atom. The molecular weight excluding hydrogens is 246 g/mol. The van der Waals surface area contributed by atoms with Crippen molar-refractivity contribution in [2.24, 2.45) is 4.99 Å². The third-order valence-electron chi connectivity index (χ3n) is 2.77. The van der Waals surface area contributed by atoms with Crippen LogP contribution in [-0.4, -0.2) is 41.4 Å². The lowest BCUT2D eigenvalue weighted by atomic mass is 10.0. The Morgan fingerprint density at radius 2 is 2.21 bits per heavy atom. The van der Waals surface area contributed by atoms with E-state index in [0.717, 1.165) is 0 Å². The highest BCUT2D eigenvalue weighted by Crippen LogP contribution is 2.11. The van der Waals surface area contributed by atoms with E-state index >= 15 is 0 Å². The maximum absolute atomic E-state index is 12.2. The van der Waals surface area contributed by atoms with Crippen molar-refractivity contribution in [1.29, 1.82) is 0 Å². The molecule has 3 amide bonds. The summed E-state index contributed by atoms with van der Waals surface area (Å²) in [6.45, 7) is 5.21. The molecule has 1 unspecified atom stereocenters. The van der Waals surface area contributed by atoms with Gasteiger partial charge in [-0.15, -0.1) is 0 Å². The number of piperidine rings is 1. The standard InChI is InChI=1S/C13H17N3O3/c1-4-6-9(14-5-2)13(19)16(3)10-7-8-11(17)15-12(10)18/h4-6,10H,2,7-8H2,1,3H3,(H,15,17,18)/b6-4-,14-9+. The van der Waals surface area contributed by atoms with Gasteiger partial charge in [-0.25, -0.2) is 0 Å². The van der Waals surface area contributed by atoms with Crippen molar-refractivity contribution in [3.8, 4) is 0 Å². The van der Waals surface area contributed by atoms with Crippen molar-refractivity contribution in [3.63, 3.8) is 0 Å². The number of rotatable bonds is 4. The molecule has 0 aromatic heterocycles. The first-order chi connectivity index (χ1) is 9.01. The fraction of sp³-hybridized carbons (Fsp3) is 0.385. The maximum Gasteiger partial charge on any atom is 0.272 e. The summed E-state index contributed by atoms with van der Waals surface area (Å²) in [5.41, 5.74) is 0.199. The number of hydrogen-bond donors (Lipinski definition) is 1. The highest BCUT2D eigenvalue weighted by Gasteiger charge is 2.33. The summed E-state index contributed by atoms with van der Waals surface area (Å²) >= 11 is 0. The minimum Gasteiger partial charge on any atom is -0.328 e. The van der Waals surface area contributed by atoms with Crippen molar-refractivity contribution in [1.82, 2.24) is 10.2 Å². The minimum atomic E-state index is -0.648. The molecule has 1 heterocycles. The van der Waals surface area contributed by atoms with Gasteiger partial charge in [0.05, 0.1) is 0 Å². The van der Waals surface area contributed by atoms with Crippen molar-refractivity contribution in [3.05, 3.63) is 24.9 Å². The summed E-state index contributed by atoms with van der Waals surface area (Å²) in [5, 5.41) is 2.22. The molecule has 1 fully saturated rings. The number of amides is 3. The largest absolute Gasteiger partial charge is 0.328 e. The normalized spacial score (nSPS) is 20.3. The van der Waals surface area contributed by atoms with Gasteiger partial charge in [-0.05, 0) is 19.4 Å². The van der Waals surface area contributed by atoms with Gasteiger partial charge in [0.1, 0.15) is 11.8 Å². The molecule has 1 saturated heterocycles. The topological polar surface area (TPSA) is 78.8 Å². The molecule has 0 saturated carbocycles. The average Bonchev–Trinajstić information content (AvgIpc) is 2.37. The monoisotopic (exact) mass is 263 g/mol. The van der Waals surface area contributed by atoms with E-state index in [1.807, 2.05) is 0 Å². The minimum absolute atomic E-state index is 0.199. The van der Waals surface area contributed by atoms with Gasteiger partial charge in [-0.1, -0.05) is 12.7 Å². The zero-order chi connectivity index (χ0) is 14.4. The predicted molar refractivity (Wildman–Crippen MR) is 71.4 cm³/mol. The lowest BCUT2D eigenvalue weighted by Crippen LogP contribution is -2.54. The number of allylic oxidation sites excluding steroid dienone is 1. The second-order valence-corrected chi connectivity index (χ2v) is 4.08. The molecule has 1 rings (SSSR count). The van der Waals surface area contributed by atoms with Crippen LogP contribution in [0.5, 0.6) is 0 Å². The molecular formula is C13H17N3O3. The molecule has 0 radical (unpaired) electrons. The molecule has 1 atom stereocenters. The highest BCUT2D eigenvalue weighted by molar-refractivity contribution is 6.43. The molecule has 1 aliphatic heterocycles. The molecule has 1 aliphatic rings. The van der Waals surface area contributed by atoms with Crippen LogP contribution in [0.15, 0.2) is 29.9 Å². The zero-order valence-corrected chi connectivity index (χ0v) is 11.0. The van der Waals surface area contributed by atoms with E-state index in [9.17, 15) is 14.4 Å². The lowest BCUT2D eigenvalue weighted by molar-refractivity contribution is -0.141. The molecule has 0 bridgehead atoms. The summed E-state index contributed by atoms with van der Waals surface area (Å²) < 4.78 is 0. The Balaban J connectivity index is 2.86. The number of hydrogen-bond acceptors (Lipinski definition) is 4. The summed E-state index contributed by atoms with van der Waals surface area (Å²) in [5.74, 6) is -1.14. The van der Waals surface area contributed by atoms with E-state index in [-0.39, 0.29) is 23.9 Å². The van der Waals surface area contributed by atoms with Crippen LogP contribution >= 0.6 is 0 Å². The van der Waals surface area contributed by atoms with Crippen molar-refractivity contribution < 1.29 is 14.4 Å². The van der Waals surface area contributed by atoms with E-state index in [4.69, 9.17) is 0 Å². The van der Waals surface area contributed by atoms with Crippen LogP contribution in [-0.2, 0) is 14.4 Å². The molecule has 0 spiro atoms. The fourth-order valence-corrected chi connectivity index (χ4v) is 1.80. The average molecular weight is 263 g/mol. The lowest BCUT2D eigenvalue weighted by Gasteiger charge is -2.29. The number of nitrogens with zero attached hydrogens (tertiary/aromatic N) is 2. The Bertz CT molecular complexity index is 466. The van der Waals surface area contributed by atoms with Crippen molar-refractivity contribution in [2.75, 3.05) is 7.05 Å². The highest BCUT2D eigenvalue weighted by atomic mass is 16.2. The SMILES string of the molecule is C=C/N=C(\C=C/C)C(=O)N(C)C1CCC(=O)NC1=O. The molecule has 0 aromatic rings. The zero-order valence-electron chi connectivity index (χ0n) is 11.0. The van der Waals surface area contributed by atoms with E-state index < -0.39 is 11.9 Å². The van der Waals surface area contributed by atoms with Gasteiger partial charge in [0, 0.05) is 19.7 Å². The number of carbonyl (C=O) groups is 3. The molecule has 1 N–H and O–H groups in total.